The standard InChI is InChI=1S/C27H28N2O7/c1-16-11-22(31)26(34)27(36-16)20(18-7-8-21(30)23(12-18)35-2)13-24(32)28-14-25(33)29-10-9-17-5-3-4-6-19(17)15-29/h3-8,11-12,20,30,34H,9-10,13-15H2,1-2H3,(H,28,32)/t20-/m0/s1. The lowest BCUT2D eigenvalue weighted by Gasteiger charge is -2.29. The third-order valence-electron chi connectivity index (χ3n) is 6.30. The molecule has 0 fully saturated rings. The largest absolute Gasteiger partial charge is 0.504 e. The summed E-state index contributed by atoms with van der Waals surface area (Å²) >= 11 is 0. The van der Waals surface area contributed by atoms with E-state index < -0.39 is 23.0 Å². The number of hydrogen-bond donors (Lipinski definition) is 3. The number of methoxy groups -OCH3 is 1. The third-order valence-corrected chi connectivity index (χ3v) is 6.30. The Hall–Kier alpha value is -4.27. The van der Waals surface area contributed by atoms with Crippen LogP contribution < -0.4 is 15.5 Å². The highest BCUT2D eigenvalue weighted by atomic mass is 16.5. The Morgan fingerprint density at radius 3 is 2.64 bits per heavy atom. The smallest absolute Gasteiger partial charge is 0.242 e. The third kappa shape index (κ3) is 5.35. The van der Waals surface area contributed by atoms with Crippen molar-refractivity contribution in [3.63, 3.8) is 0 Å². The Labute approximate surface area is 207 Å². The van der Waals surface area contributed by atoms with Gasteiger partial charge in [0.15, 0.2) is 17.3 Å². The number of ether oxygens (including phenoxy) is 1. The Balaban J connectivity index is 1.51. The fraction of sp³-hybridized carbons (Fsp3) is 0.296. The van der Waals surface area contributed by atoms with Crippen molar-refractivity contribution in [2.45, 2.75) is 32.2 Å². The minimum absolute atomic E-state index is 0.0816. The van der Waals surface area contributed by atoms with E-state index in [-0.39, 0.29) is 41.9 Å². The van der Waals surface area contributed by atoms with E-state index in [0.29, 0.717) is 18.7 Å². The SMILES string of the molecule is COc1cc([C@H](CC(=O)NCC(=O)N2CCc3ccccc3C2)c2oc(C)cc(=O)c2O)ccc1O. The molecule has 2 amide bonds. The number of fused-ring (bicyclic) bond motifs is 1. The first-order valence-electron chi connectivity index (χ1n) is 11.6. The molecule has 4 rings (SSSR count). The van der Waals surface area contributed by atoms with Crippen LogP contribution >= 0.6 is 0 Å². The van der Waals surface area contributed by atoms with Crippen LogP contribution in [0.1, 0.15) is 40.5 Å². The molecule has 3 N–H and O–H groups in total. The average molecular weight is 493 g/mol. The molecule has 1 aromatic heterocycles. The van der Waals surface area contributed by atoms with Crippen molar-refractivity contribution in [2.75, 3.05) is 20.2 Å². The van der Waals surface area contributed by atoms with Crippen molar-refractivity contribution < 1.29 is 29.0 Å². The molecule has 1 aliphatic heterocycles. The van der Waals surface area contributed by atoms with Crippen LogP contribution in [0.15, 0.2) is 57.7 Å². The van der Waals surface area contributed by atoms with Crippen molar-refractivity contribution >= 4 is 11.8 Å². The van der Waals surface area contributed by atoms with E-state index in [1.54, 1.807) is 17.9 Å². The number of aryl methyl sites for hydroxylation is 1. The van der Waals surface area contributed by atoms with Gasteiger partial charge >= 0.3 is 0 Å². The number of nitrogens with zero attached hydrogens (tertiary/aromatic N) is 1. The summed E-state index contributed by atoms with van der Waals surface area (Å²) in [7, 11) is 1.38. The molecule has 2 heterocycles. The predicted molar refractivity (Wildman–Crippen MR) is 131 cm³/mol. The summed E-state index contributed by atoms with van der Waals surface area (Å²) in [6, 6.07) is 13.6. The highest BCUT2D eigenvalue weighted by Gasteiger charge is 2.27. The molecule has 1 aliphatic rings. The van der Waals surface area contributed by atoms with Crippen molar-refractivity contribution in [2.24, 2.45) is 0 Å². The number of amides is 2. The zero-order chi connectivity index (χ0) is 25.8. The van der Waals surface area contributed by atoms with Gasteiger partial charge in [-0.2, -0.15) is 0 Å². The summed E-state index contributed by atoms with van der Waals surface area (Å²) in [4.78, 5) is 39.6. The Kier molecular flexibility index (Phi) is 7.28. The topological polar surface area (TPSA) is 129 Å². The van der Waals surface area contributed by atoms with Gasteiger partial charge < -0.3 is 29.6 Å². The van der Waals surface area contributed by atoms with Crippen LogP contribution in [0.5, 0.6) is 17.2 Å². The summed E-state index contributed by atoms with van der Waals surface area (Å²) in [6.07, 6.45) is 0.538. The Morgan fingerprint density at radius 2 is 1.89 bits per heavy atom. The van der Waals surface area contributed by atoms with Gasteiger partial charge in [-0.25, -0.2) is 0 Å². The van der Waals surface area contributed by atoms with Crippen LogP contribution in [0, 0.1) is 6.92 Å². The molecule has 0 unspecified atom stereocenters. The van der Waals surface area contributed by atoms with E-state index in [0.717, 1.165) is 18.1 Å². The monoisotopic (exact) mass is 492 g/mol. The van der Waals surface area contributed by atoms with Gasteiger partial charge in [0, 0.05) is 25.6 Å². The predicted octanol–water partition coefficient (Wildman–Crippen LogP) is 2.59. The van der Waals surface area contributed by atoms with Crippen LogP contribution in [0.25, 0.3) is 0 Å². The molecule has 2 aromatic carbocycles. The summed E-state index contributed by atoms with van der Waals surface area (Å²) in [5.41, 5.74) is 2.15. The molecule has 9 nitrogen and oxygen atoms in total. The summed E-state index contributed by atoms with van der Waals surface area (Å²) in [5.74, 6) is -1.91. The lowest BCUT2D eigenvalue weighted by molar-refractivity contribution is -0.133. The number of carbonyl (C=O) groups excluding carboxylic acids is 2. The maximum Gasteiger partial charge on any atom is 0.242 e. The molecular weight excluding hydrogens is 464 g/mol. The van der Waals surface area contributed by atoms with Crippen LogP contribution in [0.4, 0.5) is 0 Å². The maximum absolute atomic E-state index is 12.9. The second-order valence-corrected chi connectivity index (χ2v) is 8.73. The number of phenolic OH excluding ortho intramolecular Hbond substituents is 1. The van der Waals surface area contributed by atoms with E-state index in [1.807, 2.05) is 18.2 Å². The molecule has 1 atom stereocenters. The second kappa shape index (κ2) is 10.6. The summed E-state index contributed by atoms with van der Waals surface area (Å²) in [5, 5.41) is 23.1. The number of carbonyl (C=O) groups is 2. The number of hydrogen-bond acceptors (Lipinski definition) is 7. The van der Waals surface area contributed by atoms with Gasteiger partial charge in [-0.1, -0.05) is 30.3 Å². The first-order valence-corrected chi connectivity index (χ1v) is 11.6. The van der Waals surface area contributed by atoms with Crippen LogP contribution in [0.3, 0.4) is 0 Å². The number of phenols is 1. The highest BCUT2D eigenvalue weighted by molar-refractivity contribution is 5.85. The first kappa shape index (κ1) is 24.8. The van der Waals surface area contributed by atoms with E-state index in [1.165, 1.54) is 24.8 Å². The minimum Gasteiger partial charge on any atom is -0.504 e. The molecular formula is C27H28N2O7. The van der Waals surface area contributed by atoms with E-state index in [9.17, 15) is 24.6 Å². The van der Waals surface area contributed by atoms with E-state index in [4.69, 9.17) is 9.15 Å². The van der Waals surface area contributed by atoms with Gasteiger partial charge in [0.05, 0.1) is 19.6 Å². The summed E-state index contributed by atoms with van der Waals surface area (Å²) in [6.45, 7) is 2.44. The van der Waals surface area contributed by atoms with Crippen molar-refractivity contribution in [1.29, 1.82) is 0 Å². The number of nitrogens with one attached hydrogen (secondary N) is 1. The molecule has 0 saturated carbocycles. The number of aromatic hydroxyl groups is 2. The summed E-state index contributed by atoms with van der Waals surface area (Å²) < 4.78 is 10.8. The molecule has 0 spiro atoms. The molecule has 0 radical (unpaired) electrons. The first-order chi connectivity index (χ1) is 17.3. The highest BCUT2D eigenvalue weighted by Crippen LogP contribution is 2.37. The molecule has 36 heavy (non-hydrogen) atoms. The Morgan fingerprint density at radius 1 is 1.14 bits per heavy atom. The van der Waals surface area contributed by atoms with Gasteiger partial charge in [-0.3, -0.25) is 14.4 Å². The van der Waals surface area contributed by atoms with Crippen molar-refractivity contribution in [3.05, 3.63) is 87.0 Å². The lowest BCUT2D eigenvalue weighted by atomic mass is 9.91. The van der Waals surface area contributed by atoms with Crippen LogP contribution in [0.2, 0.25) is 0 Å². The number of benzene rings is 2. The normalized spacial score (nSPS) is 13.6. The fourth-order valence-electron chi connectivity index (χ4n) is 4.39. The molecule has 9 heteroatoms. The zero-order valence-electron chi connectivity index (χ0n) is 20.1. The Bertz CT molecular complexity index is 1350. The van der Waals surface area contributed by atoms with Gasteiger partial charge in [0.25, 0.3) is 0 Å². The lowest BCUT2D eigenvalue weighted by Crippen LogP contribution is -2.42. The zero-order valence-corrected chi connectivity index (χ0v) is 20.1. The average Bonchev–Trinajstić information content (AvgIpc) is 2.88. The molecule has 0 saturated heterocycles. The van der Waals surface area contributed by atoms with Crippen LogP contribution in [-0.2, 0) is 22.6 Å². The van der Waals surface area contributed by atoms with Gasteiger partial charge in [-0.15, -0.1) is 0 Å². The van der Waals surface area contributed by atoms with Crippen molar-refractivity contribution in [1.82, 2.24) is 10.2 Å². The van der Waals surface area contributed by atoms with E-state index >= 15 is 0 Å². The molecule has 188 valence electrons. The van der Waals surface area contributed by atoms with Crippen LogP contribution in [-0.4, -0.2) is 47.1 Å². The second-order valence-electron chi connectivity index (χ2n) is 8.73. The maximum atomic E-state index is 12.9. The quantitative estimate of drug-likeness (QED) is 0.462. The molecule has 3 aromatic rings. The fourth-order valence-corrected chi connectivity index (χ4v) is 4.39. The minimum atomic E-state index is -0.871. The van der Waals surface area contributed by atoms with E-state index in [2.05, 4.69) is 11.4 Å². The van der Waals surface area contributed by atoms with Gasteiger partial charge in [0.2, 0.25) is 23.0 Å². The number of rotatable bonds is 7. The molecule has 0 aliphatic carbocycles. The van der Waals surface area contributed by atoms with Crippen molar-refractivity contribution in [3.8, 4) is 17.2 Å². The molecule has 0 bridgehead atoms. The van der Waals surface area contributed by atoms with Gasteiger partial charge in [-0.05, 0) is 42.2 Å². The van der Waals surface area contributed by atoms with Gasteiger partial charge in [0.1, 0.15) is 5.76 Å².